The summed E-state index contributed by atoms with van der Waals surface area (Å²) in [6.07, 6.45) is 0.369. The molecule has 1 aromatic carbocycles. The third kappa shape index (κ3) is 3.50. The molecule has 2 amide bonds. The third-order valence-electron chi connectivity index (χ3n) is 4.12. The maximum atomic E-state index is 12.4. The van der Waals surface area contributed by atoms with Crippen LogP contribution in [-0.2, 0) is 14.3 Å². The summed E-state index contributed by atoms with van der Waals surface area (Å²) in [5, 5.41) is 11.5. The van der Waals surface area contributed by atoms with Crippen molar-refractivity contribution in [2.75, 3.05) is 31.6 Å². The van der Waals surface area contributed by atoms with E-state index in [2.05, 4.69) is 5.32 Å². The number of nitrogens with zero attached hydrogens (tertiary/aromatic N) is 1. The van der Waals surface area contributed by atoms with Crippen molar-refractivity contribution in [1.82, 2.24) is 4.90 Å². The van der Waals surface area contributed by atoms with Crippen molar-refractivity contribution in [1.29, 1.82) is 0 Å². The van der Waals surface area contributed by atoms with E-state index in [1.807, 2.05) is 0 Å². The number of anilines is 1. The lowest BCUT2D eigenvalue weighted by molar-refractivity contribution is -0.139. The van der Waals surface area contributed by atoms with E-state index < -0.39 is 17.8 Å². The highest BCUT2D eigenvalue weighted by Crippen LogP contribution is 2.39. The lowest BCUT2D eigenvalue weighted by Crippen LogP contribution is -2.40. The smallest absolute Gasteiger partial charge is 0.307 e. The fraction of sp³-hybridized carbons (Fsp3) is 0.438. The van der Waals surface area contributed by atoms with Gasteiger partial charge in [-0.15, -0.1) is 0 Å². The molecule has 7 heteroatoms. The molecule has 0 bridgehead atoms. The molecule has 0 radical (unpaired) electrons. The van der Waals surface area contributed by atoms with Crippen LogP contribution in [0.4, 0.5) is 5.69 Å². The van der Waals surface area contributed by atoms with Gasteiger partial charge in [-0.1, -0.05) is 6.07 Å². The fourth-order valence-corrected chi connectivity index (χ4v) is 2.67. The Bertz CT molecular complexity index is 639. The Morgan fingerprint density at radius 3 is 2.57 bits per heavy atom. The first-order chi connectivity index (χ1) is 11.1. The summed E-state index contributed by atoms with van der Waals surface area (Å²) in [7, 11) is 0. The van der Waals surface area contributed by atoms with Crippen molar-refractivity contribution >= 4 is 23.5 Å². The Kier molecular flexibility index (Phi) is 4.29. The maximum absolute atomic E-state index is 12.4. The number of carboxylic acids is 1. The zero-order valence-corrected chi connectivity index (χ0v) is 12.5. The van der Waals surface area contributed by atoms with E-state index in [-0.39, 0.29) is 11.8 Å². The highest BCUT2D eigenvalue weighted by molar-refractivity contribution is 6.00. The van der Waals surface area contributed by atoms with Crippen LogP contribution in [-0.4, -0.2) is 54.1 Å². The van der Waals surface area contributed by atoms with Crippen LogP contribution in [0.5, 0.6) is 0 Å². The molecule has 0 aromatic heterocycles. The lowest BCUT2D eigenvalue weighted by Gasteiger charge is -2.27. The molecule has 1 saturated heterocycles. The second kappa shape index (κ2) is 6.37. The van der Waals surface area contributed by atoms with Crippen molar-refractivity contribution < 1.29 is 24.2 Å². The first kappa shape index (κ1) is 15.5. The first-order valence-corrected chi connectivity index (χ1v) is 7.57. The molecule has 1 aliphatic carbocycles. The number of benzene rings is 1. The van der Waals surface area contributed by atoms with E-state index in [0.717, 1.165) is 0 Å². The Balaban J connectivity index is 1.64. The first-order valence-electron chi connectivity index (χ1n) is 7.57. The number of nitrogens with one attached hydrogen (secondary N) is 1. The molecule has 2 aliphatic rings. The minimum atomic E-state index is -0.943. The van der Waals surface area contributed by atoms with E-state index in [1.54, 1.807) is 29.2 Å². The minimum Gasteiger partial charge on any atom is -0.481 e. The van der Waals surface area contributed by atoms with Gasteiger partial charge >= 0.3 is 5.97 Å². The Hall–Kier alpha value is -2.41. The second-order valence-electron chi connectivity index (χ2n) is 5.76. The molecule has 122 valence electrons. The van der Waals surface area contributed by atoms with Crippen molar-refractivity contribution in [2.24, 2.45) is 11.8 Å². The minimum absolute atomic E-state index is 0.0979. The molecule has 2 atom stereocenters. The zero-order valence-electron chi connectivity index (χ0n) is 12.5. The molecule has 23 heavy (non-hydrogen) atoms. The van der Waals surface area contributed by atoms with E-state index in [4.69, 9.17) is 9.84 Å². The third-order valence-corrected chi connectivity index (χ3v) is 4.12. The summed E-state index contributed by atoms with van der Waals surface area (Å²) >= 11 is 0. The van der Waals surface area contributed by atoms with Crippen LogP contribution in [0.2, 0.25) is 0 Å². The van der Waals surface area contributed by atoms with Gasteiger partial charge in [-0.3, -0.25) is 14.4 Å². The van der Waals surface area contributed by atoms with Crippen LogP contribution in [0.15, 0.2) is 24.3 Å². The zero-order chi connectivity index (χ0) is 16.4. The van der Waals surface area contributed by atoms with Crippen LogP contribution in [0.3, 0.4) is 0 Å². The number of carboxylic acid groups (broad SMARTS) is 1. The number of hydrogen-bond acceptors (Lipinski definition) is 4. The van der Waals surface area contributed by atoms with Crippen molar-refractivity contribution in [3.63, 3.8) is 0 Å². The number of carbonyl (C=O) groups is 3. The van der Waals surface area contributed by atoms with Gasteiger partial charge in [0.15, 0.2) is 0 Å². The quantitative estimate of drug-likeness (QED) is 0.857. The number of carbonyl (C=O) groups excluding carboxylic acids is 2. The number of rotatable bonds is 4. The Labute approximate surface area is 133 Å². The summed E-state index contributed by atoms with van der Waals surface area (Å²) < 4.78 is 5.23. The topological polar surface area (TPSA) is 95.9 Å². The van der Waals surface area contributed by atoms with E-state index in [0.29, 0.717) is 44.0 Å². The molecule has 1 saturated carbocycles. The molecule has 2 N–H and O–H groups in total. The van der Waals surface area contributed by atoms with Gasteiger partial charge in [-0.05, 0) is 24.6 Å². The second-order valence-corrected chi connectivity index (χ2v) is 5.76. The van der Waals surface area contributed by atoms with Gasteiger partial charge in [-0.2, -0.15) is 0 Å². The summed E-state index contributed by atoms with van der Waals surface area (Å²) in [5.74, 6) is -2.42. The predicted molar refractivity (Wildman–Crippen MR) is 81.0 cm³/mol. The van der Waals surface area contributed by atoms with Gasteiger partial charge in [-0.25, -0.2) is 0 Å². The number of ether oxygens (including phenoxy) is 1. The standard InChI is InChI=1S/C16H18N2O5/c19-14(12-9-13(12)16(21)22)17-11-3-1-2-10(8-11)15(20)18-4-6-23-7-5-18/h1-3,8,12-13H,4-7,9H2,(H,17,19)(H,21,22). The van der Waals surface area contributed by atoms with E-state index in [9.17, 15) is 14.4 Å². The van der Waals surface area contributed by atoms with Gasteiger partial charge in [0.05, 0.1) is 25.0 Å². The summed E-state index contributed by atoms with van der Waals surface area (Å²) in [6, 6.07) is 6.70. The van der Waals surface area contributed by atoms with Crippen molar-refractivity contribution in [2.45, 2.75) is 6.42 Å². The van der Waals surface area contributed by atoms with Gasteiger partial charge in [0, 0.05) is 24.3 Å². The number of amides is 2. The monoisotopic (exact) mass is 318 g/mol. The Morgan fingerprint density at radius 1 is 1.17 bits per heavy atom. The molecule has 2 fully saturated rings. The van der Waals surface area contributed by atoms with Crippen LogP contribution in [0.25, 0.3) is 0 Å². The molecule has 7 nitrogen and oxygen atoms in total. The van der Waals surface area contributed by atoms with Crippen LogP contribution < -0.4 is 5.32 Å². The average molecular weight is 318 g/mol. The highest BCUT2D eigenvalue weighted by Gasteiger charge is 2.48. The molecule has 1 aliphatic heterocycles. The van der Waals surface area contributed by atoms with Gasteiger partial charge in [0.1, 0.15) is 0 Å². The summed E-state index contributed by atoms with van der Waals surface area (Å²) in [6.45, 7) is 2.16. The molecule has 0 spiro atoms. The summed E-state index contributed by atoms with van der Waals surface area (Å²) in [5.41, 5.74) is 1.00. The summed E-state index contributed by atoms with van der Waals surface area (Å²) in [4.78, 5) is 36.9. The lowest BCUT2D eigenvalue weighted by atomic mass is 10.1. The van der Waals surface area contributed by atoms with Crippen molar-refractivity contribution in [3.8, 4) is 0 Å². The molecular weight excluding hydrogens is 300 g/mol. The highest BCUT2D eigenvalue weighted by atomic mass is 16.5. The van der Waals surface area contributed by atoms with Gasteiger partial charge in [0.25, 0.3) is 5.91 Å². The average Bonchev–Trinajstić information content (AvgIpc) is 3.36. The number of aliphatic carboxylic acids is 1. The maximum Gasteiger partial charge on any atom is 0.307 e. The van der Waals surface area contributed by atoms with Gasteiger partial charge < -0.3 is 20.1 Å². The normalized spacial score (nSPS) is 23.2. The SMILES string of the molecule is O=C(O)C1CC1C(=O)Nc1cccc(C(=O)N2CCOCC2)c1. The van der Waals surface area contributed by atoms with Gasteiger partial charge in [0.2, 0.25) is 5.91 Å². The predicted octanol–water partition coefficient (Wildman–Crippen LogP) is 0.818. The van der Waals surface area contributed by atoms with E-state index in [1.165, 1.54) is 0 Å². The number of morpholine rings is 1. The fourth-order valence-electron chi connectivity index (χ4n) is 2.67. The molecular formula is C16H18N2O5. The molecule has 2 unspecified atom stereocenters. The molecule has 1 aromatic rings. The van der Waals surface area contributed by atoms with Crippen molar-refractivity contribution in [3.05, 3.63) is 29.8 Å². The van der Waals surface area contributed by atoms with E-state index >= 15 is 0 Å². The molecule has 3 rings (SSSR count). The Morgan fingerprint density at radius 2 is 1.91 bits per heavy atom. The van der Waals surface area contributed by atoms with Crippen LogP contribution in [0, 0.1) is 11.8 Å². The number of hydrogen-bond donors (Lipinski definition) is 2. The molecule has 1 heterocycles. The van der Waals surface area contributed by atoms with Crippen LogP contribution in [0.1, 0.15) is 16.8 Å². The van der Waals surface area contributed by atoms with Crippen LogP contribution >= 0.6 is 0 Å². The largest absolute Gasteiger partial charge is 0.481 e.